The molecule has 1 aromatic rings. The van der Waals surface area contributed by atoms with E-state index in [1.807, 2.05) is 6.92 Å². The van der Waals surface area contributed by atoms with Gasteiger partial charge >= 0.3 is 0 Å². The van der Waals surface area contributed by atoms with Crippen LogP contribution in [0.2, 0.25) is 0 Å². The normalized spacial score (nSPS) is 23.6. The van der Waals surface area contributed by atoms with Crippen LogP contribution in [-0.2, 0) is 9.84 Å². The van der Waals surface area contributed by atoms with Crippen LogP contribution in [0.25, 0.3) is 0 Å². The van der Waals surface area contributed by atoms with Crippen LogP contribution >= 0.6 is 0 Å². The lowest BCUT2D eigenvalue weighted by Gasteiger charge is -2.46. The third kappa shape index (κ3) is 4.09. The Labute approximate surface area is 143 Å². The van der Waals surface area contributed by atoms with E-state index in [4.69, 9.17) is 4.74 Å². The van der Waals surface area contributed by atoms with Gasteiger partial charge in [0.05, 0.1) is 11.5 Å². The second-order valence-electron chi connectivity index (χ2n) is 7.29. The third-order valence-electron chi connectivity index (χ3n) is 5.32. The Hall–Kier alpha value is -1.14. The Morgan fingerprint density at radius 2 is 1.96 bits per heavy atom. The topological polar surface area (TPSA) is 55.4 Å². The summed E-state index contributed by atoms with van der Waals surface area (Å²) in [5.74, 6) is 0.719. The number of sulfone groups is 1. The Morgan fingerprint density at radius 1 is 1.29 bits per heavy atom. The molecule has 0 bridgehead atoms. The molecule has 1 saturated carbocycles. The lowest BCUT2D eigenvalue weighted by atomic mass is 9.74. The summed E-state index contributed by atoms with van der Waals surface area (Å²) in [4.78, 5) is 0. The van der Waals surface area contributed by atoms with Crippen LogP contribution in [0.4, 0.5) is 4.39 Å². The fraction of sp³-hybridized carbons (Fsp3) is 0.667. The summed E-state index contributed by atoms with van der Waals surface area (Å²) in [6.45, 7) is 2.71. The fourth-order valence-electron chi connectivity index (χ4n) is 3.90. The van der Waals surface area contributed by atoms with Crippen LogP contribution in [0, 0.1) is 11.2 Å². The van der Waals surface area contributed by atoms with E-state index in [0.29, 0.717) is 29.8 Å². The van der Waals surface area contributed by atoms with Crippen LogP contribution in [0.5, 0.6) is 5.75 Å². The van der Waals surface area contributed by atoms with Gasteiger partial charge in [-0.2, -0.15) is 0 Å². The zero-order chi connectivity index (χ0) is 17.2. The van der Waals surface area contributed by atoms with Crippen molar-refractivity contribution >= 4 is 9.84 Å². The number of hydrogen-bond donors (Lipinski definition) is 1. The van der Waals surface area contributed by atoms with Gasteiger partial charge in [0.25, 0.3) is 0 Å². The van der Waals surface area contributed by atoms with E-state index in [1.165, 1.54) is 6.07 Å². The second kappa shape index (κ2) is 7.00. The van der Waals surface area contributed by atoms with Gasteiger partial charge in [-0.15, -0.1) is 0 Å². The minimum absolute atomic E-state index is 0.0604. The Kier molecular flexibility index (Phi) is 5.16. The van der Waals surface area contributed by atoms with Crippen LogP contribution in [0.15, 0.2) is 24.3 Å². The highest BCUT2D eigenvalue weighted by Crippen LogP contribution is 2.45. The summed E-state index contributed by atoms with van der Waals surface area (Å²) in [6.07, 6.45) is 4.71. The SMILES string of the molecule is CCC(CNC1CCC2(CC1)CS(=O)(=O)C2)Oc1ccccc1F. The van der Waals surface area contributed by atoms with Crippen molar-refractivity contribution in [2.24, 2.45) is 5.41 Å². The average molecular weight is 355 g/mol. The van der Waals surface area contributed by atoms with Gasteiger partial charge in [-0.3, -0.25) is 0 Å². The molecule has 4 nitrogen and oxygen atoms in total. The first kappa shape index (κ1) is 17.7. The van der Waals surface area contributed by atoms with E-state index in [1.54, 1.807) is 18.2 Å². The van der Waals surface area contributed by atoms with Crippen molar-refractivity contribution in [1.29, 1.82) is 0 Å². The van der Waals surface area contributed by atoms with Gasteiger partial charge < -0.3 is 10.1 Å². The molecule has 1 aliphatic heterocycles. The number of benzene rings is 1. The van der Waals surface area contributed by atoms with Crippen molar-refractivity contribution < 1.29 is 17.5 Å². The van der Waals surface area contributed by atoms with Gasteiger partial charge in [0.15, 0.2) is 21.4 Å². The molecule has 1 aliphatic carbocycles. The highest BCUT2D eigenvalue weighted by atomic mass is 32.2. The van der Waals surface area contributed by atoms with Crippen molar-refractivity contribution in [2.45, 2.75) is 51.2 Å². The lowest BCUT2D eigenvalue weighted by molar-refractivity contribution is 0.157. The summed E-state index contributed by atoms with van der Waals surface area (Å²) < 4.78 is 42.3. The van der Waals surface area contributed by atoms with E-state index < -0.39 is 9.84 Å². The van der Waals surface area contributed by atoms with Crippen LogP contribution in [0.1, 0.15) is 39.0 Å². The van der Waals surface area contributed by atoms with Crippen molar-refractivity contribution in [3.63, 3.8) is 0 Å². The van der Waals surface area contributed by atoms with Crippen molar-refractivity contribution in [1.82, 2.24) is 5.32 Å². The molecule has 0 amide bonds. The maximum absolute atomic E-state index is 13.7. The molecule has 134 valence electrons. The lowest BCUT2D eigenvalue weighted by Crippen LogP contribution is -2.52. The van der Waals surface area contributed by atoms with Crippen LogP contribution < -0.4 is 10.1 Å². The molecule has 1 aromatic carbocycles. The molecule has 0 radical (unpaired) electrons. The first-order valence-electron chi connectivity index (χ1n) is 8.76. The van der Waals surface area contributed by atoms with Gasteiger partial charge in [0.1, 0.15) is 6.10 Å². The van der Waals surface area contributed by atoms with E-state index in [9.17, 15) is 12.8 Å². The zero-order valence-electron chi connectivity index (χ0n) is 14.1. The molecule has 3 rings (SSSR count). The quantitative estimate of drug-likeness (QED) is 0.852. The van der Waals surface area contributed by atoms with Crippen LogP contribution in [-0.4, -0.2) is 38.6 Å². The van der Waals surface area contributed by atoms with Gasteiger partial charge in [-0.25, -0.2) is 12.8 Å². The Morgan fingerprint density at radius 3 is 2.54 bits per heavy atom. The van der Waals surface area contributed by atoms with E-state index in [-0.39, 0.29) is 17.3 Å². The number of nitrogens with one attached hydrogen (secondary N) is 1. The van der Waals surface area contributed by atoms with Gasteiger partial charge in [0, 0.05) is 12.6 Å². The molecule has 6 heteroatoms. The highest BCUT2D eigenvalue weighted by Gasteiger charge is 2.49. The number of hydrogen-bond acceptors (Lipinski definition) is 4. The second-order valence-corrected chi connectivity index (χ2v) is 9.36. The van der Waals surface area contributed by atoms with Crippen molar-refractivity contribution in [2.75, 3.05) is 18.1 Å². The maximum Gasteiger partial charge on any atom is 0.165 e. The molecule has 2 fully saturated rings. The average Bonchev–Trinajstić information content (AvgIpc) is 2.53. The monoisotopic (exact) mass is 355 g/mol. The third-order valence-corrected chi connectivity index (χ3v) is 7.42. The van der Waals surface area contributed by atoms with Crippen molar-refractivity contribution in [3.05, 3.63) is 30.1 Å². The van der Waals surface area contributed by atoms with Gasteiger partial charge in [-0.1, -0.05) is 19.1 Å². The molecule has 1 N–H and O–H groups in total. The van der Waals surface area contributed by atoms with E-state index in [2.05, 4.69) is 5.32 Å². The molecular formula is C18H26FNO3S. The number of ether oxygens (including phenoxy) is 1. The maximum atomic E-state index is 13.7. The number of para-hydroxylation sites is 1. The van der Waals surface area contributed by atoms with Gasteiger partial charge in [-0.05, 0) is 49.7 Å². The predicted molar refractivity (Wildman–Crippen MR) is 92.5 cm³/mol. The summed E-state index contributed by atoms with van der Waals surface area (Å²) in [6, 6.07) is 6.88. The number of halogens is 1. The minimum atomic E-state index is -2.75. The van der Waals surface area contributed by atoms with Gasteiger partial charge in [0.2, 0.25) is 0 Å². The Balaban J connectivity index is 1.44. The highest BCUT2D eigenvalue weighted by molar-refractivity contribution is 7.92. The predicted octanol–water partition coefficient (Wildman–Crippen LogP) is 2.93. The molecule has 1 atom stereocenters. The fourth-order valence-corrected chi connectivity index (χ4v) is 6.26. The molecule has 0 aromatic heterocycles. The number of rotatable bonds is 6. The molecular weight excluding hydrogens is 329 g/mol. The Bertz CT molecular complexity index is 655. The molecule has 1 saturated heterocycles. The zero-order valence-corrected chi connectivity index (χ0v) is 14.9. The smallest absolute Gasteiger partial charge is 0.165 e. The summed E-state index contributed by atoms with van der Waals surface area (Å²) >= 11 is 0. The molecule has 1 unspecified atom stereocenters. The van der Waals surface area contributed by atoms with E-state index >= 15 is 0 Å². The minimum Gasteiger partial charge on any atom is -0.486 e. The first-order chi connectivity index (χ1) is 11.4. The summed E-state index contributed by atoms with van der Waals surface area (Å²) in [5, 5.41) is 3.52. The molecule has 24 heavy (non-hydrogen) atoms. The van der Waals surface area contributed by atoms with Crippen LogP contribution in [0.3, 0.4) is 0 Å². The largest absolute Gasteiger partial charge is 0.486 e. The molecule has 1 heterocycles. The molecule has 1 spiro atoms. The van der Waals surface area contributed by atoms with Crippen molar-refractivity contribution in [3.8, 4) is 5.75 Å². The van der Waals surface area contributed by atoms with E-state index in [0.717, 1.165) is 32.1 Å². The summed E-state index contributed by atoms with van der Waals surface area (Å²) in [7, 11) is -2.75. The first-order valence-corrected chi connectivity index (χ1v) is 10.6. The summed E-state index contributed by atoms with van der Waals surface area (Å²) in [5.41, 5.74) is 0.0604. The standard InChI is InChI=1S/C18H26FNO3S/c1-2-15(23-17-6-4-3-5-16(17)19)11-20-14-7-9-18(10-8-14)12-24(21,22)13-18/h3-6,14-15,20H,2,7-13H2,1H3. The molecule has 2 aliphatic rings.